The van der Waals surface area contributed by atoms with Crippen molar-refractivity contribution in [1.29, 1.82) is 0 Å². The third-order valence-corrected chi connectivity index (χ3v) is 4.55. The van der Waals surface area contributed by atoms with Gasteiger partial charge >= 0.3 is 21.2 Å². The molecule has 0 saturated heterocycles. The Hall–Kier alpha value is 0.430. The lowest BCUT2D eigenvalue weighted by molar-refractivity contribution is -0.591. The van der Waals surface area contributed by atoms with Gasteiger partial charge in [-0.3, -0.25) is 0 Å². The average molecular weight is 225 g/mol. The van der Waals surface area contributed by atoms with Crippen molar-refractivity contribution in [2.75, 3.05) is 4.93 Å². The molecule has 0 aliphatic rings. The Morgan fingerprint density at radius 3 is 2.86 bits per heavy atom. The van der Waals surface area contributed by atoms with E-state index in [0.717, 1.165) is 0 Å². The minimum Gasteiger partial charge on any atom is -0.0967 e. The first-order chi connectivity index (χ1) is 3.43. The Labute approximate surface area is 57.8 Å². The molecule has 0 nitrogen and oxygen atoms in total. The predicted molar refractivity (Wildman–Crippen MR) is 28.9 cm³/mol. The molecule has 0 amide bonds. The van der Waals surface area contributed by atoms with E-state index in [0.29, 0.717) is 21.2 Å². The van der Waals surface area contributed by atoms with Crippen LogP contribution in [-0.2, 0) is 0 Å². The van der Waals surface area contributed by atoms with E-state index < -0.39 is 0 Å². The fourth-order valence-electron chi connectivity index (χ4n) is 0.366. The Morgan fingerprint density at radius 2 is 2.57 bits per heavy atom. The van der Waals surface area contributed by atoms with E-state index in [-0.39, 0.29) is 0 Å². The molecule has 0 N–H and O–H groups in total. The summed E-state index contributed by atoms with van der Waals surface area (Å²) in [5, 5.41) is 2.14. The molecular weight excluding hydrogens is 219 g/mol. The molecule has 1 aromatic rings. The third kappa shape index (κ3) is 1.42. The second-order valence-corrected chi connectivity index (χ2v) is 5.03. The Morgan fingerprint density at radius 1 is 1.71 bits per heavy atom. The zero-order valence-corrected chi connectivity index (χ0v) is 6.99. The lowest BCUT2D eigenvalue weighted by Crippen LogP contribution is -3.60. The summed E-state index contributed by atoms with van der Waals surface area (Å²) >= 11 is 2.24. The molecule has 1 rings (SSSR count). The number of alkyl halides is 1. The van der Waals surface area contributed by atoms with E-state index in [4.69, 9.17) is 0 Å². The number of rotatable bonds is 1. The molecule has 0 saturated carbocycles. The van der Waals surface area contributed by atoms with E-state index in [2.05, 4.69) is 22.4 Å². The van der Waals surface area contributed by atoms with Gasteiger partial charge in [0.05, 0.1) is 0 Å². The molecule has 38 valence electrons. The van der Waals surface area contributed by atoms with Crippen LogP contribution >= 0.6 is 11.3 Å². The summed E-state index contributed by atoms with van der Waals surface area (Å²) in [5.74, 6) is 0. The first-order valence-electron chi connectivity index (χ1n) is 1.96. The maximum atomic E-state index is 2.28. The number of hydrogen-bond donors (Lipinski definition) is 0. The van der Waals surface area contributed by atoms with E-state index >= 15 is 0 Å². The molecule has 1 aromatic heterocycles. The van der Waals surface area contributed by atoms with Gasteiger partial charge in [0.15, 0.2) is 0 Å². The molecule has 2 heteroatoms. The van der Waals surface area contributed by atoms with Crippen LogP contribution in [0.5, 0.6) is 0 Å². The zero-order valence-electron chi connectivity index (χ0n) is 4.02. The molecule has 0 unspecified atom stereocenters. The predicted octanol–water partition coefficient (Wildman–Crippen LogP) is -1.36. The maximum Gasteiger partial charge on any atom is 0.321 e. The van der Waals surface area contributed by atoms with Crippen molar-refractivity contribution in [2.45, 2.75) is 0 Å². The van der Waals surface area contributed by atoms with Crippen molar-refractivity contribution in [1.82, 2.24) is 0 Å². The van der Waals surface area contributed by atoms with Gasteiger partial charge in [0, 0.05) is 6.07 Å². The molecule has 0 aliphatic carbocycles. The van der Waals surface area contributed by atoms with Crippen molar-refractivity contribution in [3.63, 3.8) is 0 Å². The minimum absolute atomic E-state index is 0.365. The smallest absolute Gasteiger partial charge is 0.0967 e. The van der Waals surface area contributed by atoms with Crippen LogP contribution in [-0.4, -0.2) is 4.93 Å². The van der Waals surface area contributed by atoms with Crippen molar-refractivity contribution < 1.29 is 21.2 Å². The molecule has 0 spiro atoms. The Kier molecular flexibility index (Phi) is 2.12. The topological polar surface area (TPSA) is 0 Å². The molecule has 0 atom stereocenters. The van der Waals surface area contributed by atoms with E-state index in [1.807, 2.05) is 11.3 Å². The lowest BCUT2D eigenvalue weighted by atomic mass is 10.7. The summed E-state index contributed by atoms with van der Waals surface area (Å²) in [6.45, 7) is 0. The van der Waals surface area contributed by atoms with Crippen LogP contribution in [0.1, 0.15) is 0 Å². The fraction of sp³-hybridized carbons (Fsp3) is 0.200. The lowest BCUT2D eigenvalue weighted by Gasteiger charge is -1.58. The molecule has 7 heavy (non-hydrogen) atoms. The van der Waals surface area contributed by atoms with Crippen LogP contribution in [0.2, 0.25) is 0 Å². The monoisotopic (exact) mass is 225 g/mol. The van der Waals surface area contributed by atoms with Crippen LogP contribution < -0.4 is 21.2 Å². The molecule has 0 radical (unpaired) electrons. The average Bonchev–Trinajstić information content (AvgIpc) is 2.14. The van der Waals surface area contributed by atoms with E-state index in [9.17, 15) is 0 Å². The highest BCUT2D eigenvalue weighted by Gasteiger charge is 2.01. The normalized spacial score (nSPS) is 9.29. The van der Waals surface area contributed by atoms with Gasteiger partial charge in [-0.25, -0.2) is 0 Å². The highest BCUT2D eigenvalue weighted by molar-refractivity contribution is 7.07. The van der Waals surface area contributed by atoms with Crippen LogP contribution in [0.4, 0.5) is 0 Å². The highest BCUT2D eigenvalue weighted by atomic mass is 127. The van der Waals surface area contributed by atoms with E-state index in [1.54, 1.807) is 2.88 Å². The standard InChI is InChI=1S/C5H6IS/c1-6-5-3-2-4-7-5/h2-4H,1H3/q+1. The Balaban J connectivity index is 2.76. The van der Waals surface area contributed by atoms with Gasteiger partial charge in [0.25, 0.3) is 0 Å². The summed E-state index contributed by atoms with van der Waals surface area (Å²) in [6, 6.07) is 4.32. The first kappa shape index (κ1) is 5.56. The summed E-state index contributed by atoms with van der Waals surface area (Å²) in [7, 11) is 0. The van der Waals surface area contributed by atoms with Gasteiger partial charge in [0.1, 0.15) is 4.93 Å². The Bertz CT molecular complexity index is 123. The molecule has 0 aromatic carbocycles. The molecular formula is C5H6IS+. The van der Waals surface area contributed by atoms with Gasteiger partial charge < -0.3 is 0 Å². The molecule has 1 heterocycles. The van der Waals surface area contributed by atoms with Crippen molar-refractivity contribution >= 4 is 11.3 Å². The minimum atomic E-state index is 0.365. The van der Waals surface area contributed by atoms with Crippen molar-refractivity contribution in [3.05, 3.63) is 20.4 Å². The van der Waals surface area contributed by atoms with Gasteiger partial charge in [-0.05, 0) is 11.4 Å². The van der Waals surface area contributed by atoms with Crippen LogP contribution in [0.3, 0.4) is 0 Å². The number of thiophene rings is 1. The van der Waals surface area contributed by atoms with Gasteiger partial charge in [-0.1, -0.05) is 11.3 Å². The number of halogens is 1. The maximum absolute atomic E-state index is 2.28. The van der Waals surface area contributed by atoms with Crippen molar-refractivity contribution in [2.24, 2.45) is 0 Å². The van der Waals surface area contributed by atoms with Gasteiger partial charge in [-0.15, -0.1) is 0 Å². The van der Waals surface area contributed by atoms with Crippen LogP contribution in [0.15, 0.2) is 17.5 Å². The summed E-state index contributed by atoms with van der Waals surface area (Å²) in [5.41, 5.74) is 0. The molecule has 0 aliphatic heterocycles. The SMILES string of the molecule is C[I+]c1cccs1. The quantitative estimate of drug-likeness (QED) is 0.409. The largest absolute Gasteiger partial charge is 0.321 e. The van der Waals surface area contributed by atoms with Gasteiger partial charge in [0.2, 0.25) is 2.88 Å². The van der Waals surface area contributed by atoms with Crippen molar-refractivity contribution in [3.8, 4) is 0 Å². The summed E-state index contributed by atoms with van der Waals surface area (Å²) < 4.78 is 1.58. The van der Waals surface area contributed by atoms with E-state index in [1.165, 1.54) is 0 Å². The fourth-order valence-corrected chi connectivity index (χ4v) is 2.67. The van der Waals surface area contributed by atoms with Gasteiger partial charge in [-0.2, -0.15) is 0 Å². The second-order valence-electron chi connectivity index (χ2n) is 1.11. The highest BCUT2D eigenvalue weighted by Crippen LogP contribution is 1.92. The first-order valence-corrected chi connectivity index (χ1v) is 6.08. The third-order valence-electron chi connectivity index (χ3n) is 0.673. The zero-order chi connectivity index (χ0) is 5.11. The summed E-state index contributed by atoms with van der Waals surface area (Å²) in [6.07, 6.45) is 0. The second kappa shape index (κ2) is 2.67. The van der Waals surface area contributed by atoms with Crippen LogP contribution in [0, 0.1) is 2.88 Å². The molecule has 0 bridgehead atoms. The van der Waals surface area contributed by atoms with Crippen LogP contribution in [0.25, 0.3) is 0 Å². The number of hydrogen-bond acceptors (Lipinski definition) is 1. The molecule has 0 fully saturated rings. The summed E-state index contributed by atoms with van der Waals surface area (Å²) in [4.78, 5) is 2.28.